The molecular weight excluding hydrogens is 256 g/mol. The van der Waals surface area contributed by atoms with Gasteiger partial charge in [-0.2, -0.15) is 0 Å². The maximum Gasteiger partial charge on any atom is 0.309 e. The zero-order valence-corrected chi connectivity index (χ0v) is 12.4. The molecule has 0 heterocycles. The van der Waals surface area contributed by atoms with Gasteiger partial charge in [-0.25, -0.2) is 0 Å². The number of unbranched alkanes of at least 4 members (excludes halogenated alkanes) is 1. The molecule has 0 saturated carbocycles. The first-order valence-corrected chi connectivity index (χ1v) is 6.98. The minimum absolute atomic E-state index is 0.317. The summed E-state index contributed by atoms with van der Waals surface area (Å²) in [4.78, 5) is 11.4. The summed E-state index contributed by atoms with van der Waals surface area (Å²) in [5, 5.41) is 19.9. The van der Waals surface area contributed by atoms with Gasteiger partial charge in [-0.15, -0.1) is 0 Å². The van der Waals surface area contributed by atoms with Crippen molar-refractivity contribution in [3.63, 3.8) is 0 Å². The minimum Gasteiger partial charge on any atom is -0.497 e. The number of aliphatic carboxylic acids is 1. The van der Waals surface area contributed by atoms with Crippen molar-refractivity contribution < 1.29 is 19.7 Å². The van der Waals surface area contributed by atoms with Gasteiger partial charge in [0, 0.05) is 6.42 Å². The number of methoxy groups -OCH3 is 1. The number of rotatable bonds is 8. The Balaban J connectivity index is 2.80. The smallest absolute Gasteiger partial charge is 0.309 e. The third kappa shape index (κ3) is 4.53. The second-order valence-corrected chi connectivity index (χ2v) is 5.42. The van der Waals surface area contributed by atoms with Crippen molar-refractivity contribution in [2.75, 3.05) is 7.11 Å². The average molecular weight is 280 g/mol. The number of benzene rings is 1. The summed E-state index contributed by atoms with van der Waals surface area (Å²) in [6.07, 6.45) is 2.53. The highest BCUT2D eigenvalue weighted by atomic mass is 16.5. The van der Waals surface area contributed by atoms with Crippen molar-refractivity contribution in [3.8, 4) is 5.75 Å². The molecule has 0 saturated heterocycles. The first-order chi connectivity index (χ1) is 9.40. The molecule has 0 bridgehead atoms. The molecule has 1 aromatic rings. The second-order valence-electron chi connectivity index (χ2n) is 5.42. The Morgan fingerprint density at radius 1 is 1.35 bits per heavy atom. The van der Waals surface area contributed by atoms with Gasteiger partial charge in [0.25, 0.3) is 0 Å². The van der Waals surface area contributed by atoms with E-state index in [0.29, 0.717) is 12.8 Å². The molecule has 0 aliphatic carbocycles. The first-order valence-electron chi connectivity index (χ1n) is 6.98. The largest absolute Gasteiger partial charge is 0.497 e. The van der Waals surface area contributed by atoms with Crippen molar-refractivity contribution in [3.05, 3.63) is 29.8 Å². The summed E-state index contributed by atoms with van der Waals surface area (Å²) in [6, 6.07) is 7.33. The van der Waals surface area contributed by atoms with Crippen molar-refractivity contribution >= 4 is 5.97 Å². The van der Waals surface area contributed by atoms with Crippen LogP contribution in [-0.2, 0) is 11.2 Å². The number of aliphatic hydroxyl groups is 1. The van der Waals surface area contributed by atoms with E-state index in [1.54, 1.807) is 14.0 Å². The van der Waals surface area contributed by atoms with Crippen LogP contribution in [-0.4, -0.2) is 28.9 Å². The quantitative estimate of drug-likeness (QED) is 0.768. The van der Waals surface area contributed by atoms with E-state index < -0.39 is 17.5 Å². The van der Waals surface area contributed by atoms with E-state index in [2.05, 4.69) is 0 Å². The van der Waals surface area contributed by atoms with Gasteiger partial charge in [0.05, 0.1) is 18.6 Å². The van der Waals surface area contributed by atoms with Crippen LogP contribution in [0.15, 0.2) is 24.3 Å². The molecule has 0 spiro atoms. The van der Waals surface area contributed by atoms with Gasteiger partial charge in [0.15, 0.2) is 0 Å². The summed E-state index contributed by atoms with van der Waals surface area (Å²) < 4.78 is 5.08. The number of hydrogen-bond donors (Lipinski definition) is 2. The fourth-order valence-electron chi connectivity index (χ4n) is 2.39. The molecule has 2 N–H and O–H groups in total. The van der Waals surface area contributed by atoms with Crippen LogP contribution in [0.2, 0.25) is 0 Å². The lowest BCUT2D eigenvalue weighted by Crippen LogP contribution is -2.41. The Morgan fingerprint density at radius 3 is 2.40 bits per heavy atom. The fourth-order valence-corrected chi connectivity index (χ4v) is 2.39. The number of ether oxygens (including phenoxy) is 1. The molecule has 4 nitrogen and oxygen atoms in total. The zero-order valence-electron chi connectivity index (χ0n) is 12.4. The number of carboxylic acid groups (broad SMARTS) is 1. The van der Waals surface area contributed by atoms with Gasteiger partial charge in [-0.05, 0) is 31.0 Å². The van der Waals surface area contributed by atoms with E-state index in [4.69, 9.17) is 4.74 Å². The molecular formula is C16H24O4. The molecule has 4 heteroatoms. The van der Waals surface area contributed by atoms with Gasteiger partial charge in [-0.3, -0.25) is 4.79 Å². The van der Waals surface area contributed by atoms with Gasteiger partial charge in [0.1, 0.15) is 5.75 Å². The van der Waals surface area contributed by atoms with Gasteiger partial charge in [0.2, 0.25) is 0 Å². The average Bonchev–Trinajstić information content (AvgIpc) is 2.39. The minimum atomic E-state index is -1.25. The van der Waals surface area contributed by atoms with Gasteiger partial charge < -0.3 is 14.9 Å². The van der Waals surface area contributed by atoms with E-state index in [1.165, 1.54) is 0 Å². The van der Waals surface area contributed by atoms with Crippen LogP contribution in [0.1, 0.15) is 38.7 Å². The molecule has 1 aromatic carbocycles. The Kier molecular flexibility index (Phi) is 6.02. The summed E-state index contributed by atoms with van der Waals surface area (Å²) in [6.45, 7) is 3.61. The SMILES string of the molecule is CCCCC(C(=O)O)C(C)(O)Cc1ccc(OC)cc1. The lowest BCUT2D eigenvalue weighted by Gasteiger charge is -2.30. The topological polar surface area (TPSA) is 66.8 Å². The maximum absolute atomic E-state index is 11.4. The maximum atomic E-state index is 11.4. The lowest BCUT2D eigenvalue weighted by atomic mass is 9.81. The molecule has 112 valence electrons. The summed E-state index contributed by atoms with van der Waals surface area (Å²) in [5.74, 6) is -0.935. The molecule has 1 rings (SSSR count). The molecule has 0 radical (unpaired) electrons. The Hall–Kier alpha value is -1.55. The molecule has 2 atom stereocenters. The molecule has 0 aliphatic heterocycles. The van der Waals surface area contributed by atoms with Crippen molar-refractivity contribution in [2.24, 2.45) is 5.92 Å². The van der Waals surface area contributed by atoms with Crippen LogP contribution >= 0.6 is 0 Å². The van der Waals surface area contributed by atoms with E-state index >= 15 is 0 Å². The van der Waals surface area contributed by atoms with Crippen LogP contribution in [0.25, 0.3) is 0 Å². The third-order valence-corrected chi connectivity index (χ3v) is 3.62. The van der Waals surface area contributed by atoms with Crippen molar-refractivity contribution in [1.29, 1.82) is 0 Å². The van der Waals surface area contributed by atoms with Crippen LogP contribution in [0.4, 0.5) is 0 Å². The molecule has 0 fully saturated rings. The van der Waals surface area contributed by atoms with Gasteiger partial charge in [-0.1, -0.05) is 31.9 Å². The summed E-state index contributed by atoms with van der Waals surface area (Å²) in [5.41, 5.74) is -0.353. The summed E-state index contributed by atoms with van der Waals surface area (Å²) in [7, 11) is 1.59. The van der Waals surface area contributed by atoms with Crippen LogP contribution in [0, 0.1) is 5.92 Å². The molecule has 2 unspecified atom stereocenters. The van der Waals surface area contributed by atoms with Gasteiger partial charge >= 0.3 is 5.97 Å². The third-order valence-electron chi connectivity index (χ3n) is 3.62. The number of carboxylic acids is 1. The van der Waals surface area contributed by atoms with E-state index in [-0.39, 0.29) is 0 Å². The standard InChI is InChI=1S/C16H24O4/c1-4-5-6-14(15(17)18)16(2,19)11-12-7-9-13(20-3)10-8-12/h7-10,14,19H,4-6,11H2,1-3H3,(H,17,18). The highest BCUT2D eigenvalue weighted by Gasteiger charge is 2.36. The fraction of sp³-hybridized carbons (Fsp3) is 0.562. The predicted octanol–water partition coefficient (Wildman–Crippen LogP) is 2.88. The Morgan fingerprint density at radius 2 is 1.95 bits per heavy atom. The monoisotopic (exact) mass is 280 g/mol. The van der Waals surface area contributed by atoms with Crippen LogP contribution in [0.3, 0.4) is 0 Å². The van der Waals surface area contributed by atoms with E-state index in [0.717, 1.165) is 24.2 Å². The van der Waals surface area contributed by atoms with Crippen LogP contribution < -0.4 is 4.74 Å². The Bertz CT molecular complexity index is 423. The highest BCUT2D eigenvalue weighted by molar-refractivity contribution is 5.71. The number of carbonyl (C=O) groups is 1. The normalized spacial score (nSPS) is 15.4. The Labute approximate surface area is 120 Å². The van der Waals surface area contributed by atoms with Crippen LogP contribution in [0.5, 0.6) is 5.75 Å². The highest BCUT2D eigenvalue weighted by Crippen LogP contribution is 2.27. The molecule has 0 aliphatic rings. The molecule has 0 amide bonds. The van der Waals surface area contributed by atoms with E-state index in [9.17, 15) is 15.0 Å². The predicted molar refractivity (Wildman–Crippen MR) is 78.0 cm³/mol. The van der Waals surface area contributed by atoms with Crippen molar-refractivity contribution in [1.82, 2.24) is 0 Å². The molecule has 20 heavy (non-hydrogen) atoms. The molecule has 0 aromatic heterocycles. The van der Waals surface area contributed by atoms with E-state index in [1.807, 2.05) is 31.2 Å². The lowest BCUT2D eigenvalue weighted by molar-refractivity contribution is -0.151. The number of hydrogen-bond acceptors (Lipinski definition) is 3. The first kappa shape index (κ1) is 16.5. The van der Waals surface area contributed by atoms with Crippen molar-refractivity contribution in [2.45, 2.75) is 45.1 Å². The summed E-state index contributed by atoms with van der Waals surface area (Å²) >= 11 is 0. The zero-order chi connectivity index (χ0) is 15.2. The second kappa shape index (κ2) is 7.29.